The molecule has 0 radical (unpaired) electrons. The van der Waals surface area contributed by atoms with Crippen LogP contribution in [0.3, 0.4) is 0 Å². The van der Waals surface area contributed by atoms with Crippen molar-refractivity contribution in [2.45, 2.75) is 26.2 Å². The highest BCUT2D eigenvalue weighted by Gasteiger charge is 2.12. The van der Waals surface area contributed by atoms with Crippen molar-refractivity contribution >= 4 is 28.3 Å². The average molecular weight is 335 g/mol. The van der Waals surface area contributed by atoms with Crippen molar-refractivity contribution < 1.29 is 4.74 Å². The Bertz CT molecular complexity index is 367. The van der Waals surface area contributed by atoms with E-state index in [2.05, 4.69) is 34.2 Å². The van der Waals surface area contributed by atoms with Crippen molar-refractivity contribution in [2.24, 2.45) is 5.92 Å². The van der Waals surface area contributed by atoms with Gasteiger partial charge in [0.1, 0.15) is 5.75 Å². The molecule has 1 aromatic rings. The minimum absolute atomic E-state index is 0. The molecule has 0 aliphatic carbocycles. The highest BCUT2D eigenvalue weighted by atomic mass is 79.9. The number of rotatable bonds is 4. The van der Waals surface area contributed by atoms with E-state index in [-0.39, 0.29) is 12.4 Å². The predicted octanol–water partition coefficient (Wildman–Crippen LogP) is 3.95. The second-order valence-corrected chi connectivity index (χ2v) is 5.68. The number of aryl methyl sites for hydroxylation is 1. The molecule has 1 atom stereocenters. The molecule has 18 heavy (non-hydrogen) atoms. The molecule has 0 saturated carbocycles. The first-order valence-corrected chi connectivity index (χ1v) is 7.14. The molecule has 102 valence electrons. The number of benzene rings is 1. The molecule has 1 fully saturated rings. The van der Waals surface area contributed by atoms with Crippen LogP contribution in [0.5, 0.6) is 5.75 Å². The minimum atomic E-state index is 0. The summed E-state index contributed by atoms with van der Waals surface area (Å²) in [6.45, 7) is 5.25. The standard InChI is InChI=1S/C14H20BrNO.ClH/c1-11-9-13(15)4-5-14(11)17-8-6-12-3-2-7-16-10-12;/h4-5,9,12,16H,2-3,6-8,10H2,1H3;1H. The Kier molecular flexibility index (Phi) is 7.05. The quantitative estimate of drug-likeness (QED) is 0.900. The summed E-state index contributed by atoms with van der Waals surface area (Å²) in [5.74, 6) is 1.80. The molecule has 1 saturated heterocycles. The number of nitrogens with one attached hydrogen (secondary N) is 1. The number of hydrogen-bond acceptors (Lipinski definition) is 2. The lowest BCUT2D eigenvalue weighted by molar-refractivity contribution is 0.253. The smallest absolute Gasteiger partial charge is 0.122 e. The van der Waals surface area contributed by atoms with Crippen LogP contribution in [0.1, 0.15) is 24.8 Å². The lowest BCUT2D eigenvalue weighted by atomic mass is 9.97. The molecule has 0 bridgehead atoms. The molecule has 4 heteroatoms. The Labute approximate surface area is 124 Å². The third-order valence-electron chi connectivity index (χ3n) is 3.32. The van der Waals surface area contributed by atoms with Gasteiger partial charge >= 0.3 is 0 Å². The van der Waals surface area contributed by atoms with Crippen LogP contribution in [0, 0.1) is 12.8 Å². The fraction of sp³-hybridized carbons (Fsp3) is 0.571. The SMILES string of the molecule is Cc1cc(Br)ccc1OCCC1CCCNC1.Cl. The monoisotopic (exact) mass is 333 g/mol. The van der Waals surface area contributed by atoms with Crippen LogP contribution < -0.4 is 10.1 Å². The molecule has 0 aromatic heterocycles. The summed E-state index contributed by atoms with van der Waals surface area (Å²) in [4.78, 5) is 0. The van der Waals surface area contributed by atoms with Gasteiger partial charge in [-0.1, -0.05) is 15.9 Å². The van der Waals surface area contributed by atoms with Gasteiger partial charge in [-0.2, -0.15) is 0 Å². The van der Waals surface area contributed by atoms with Crippen LogP contribution in [-0.4, -0.2) is 19.7 Å². The highest BCUT2D eigenvalue weighted by Crippen LogP contribution is 2.23. The second-order valence-electron chi connectivity index (χ2n) is 4.76. The van der Waals surface area contributed by atoms with Crippen molar-refractivity contribution in [1.29, 1.82) is 0 Å². The van der Waals surface area contributed by atoms with Crippen LogP contribution in [0.2, 0.25) is 0 Å². The normalized spacial score (nSPS) is 19.1. The molecule has 1 aliphatic rings. The molecule has 0 spiro atoms. The largest absolute Gasteiger partial charge is 0.493 e. The van der Waals surface area contributed by atoms with E-state index < -0.39 is 0 Å². The van der Waals surface area contributed by atoms with E-state index in [1.54, 1.807) is 0 Å². The number of hydrogen-bond donors (Lipinski definition) is 1. The Morgan fingerprint density at radius 2 is 2.28 bits per heavy atom. The Morgan fingerprint density at radius 1 is 1.44 bits per heavy atom. The van der Waals surface area contributed by atoms with Gasteiger partial charge in [-0.25, -0.2) is 0 Å². The van der Waals surface area contributed by atoms with Crippen LogP contribution >= 0.6 is 28.3 Å². The third kappa shape index (κ3) is 4.79. The Morgan fingerprint density at radius 3 is 2.94 bits per heavy atom. The molecule has 1 unspecified atom stereocenters. The summed E-state index contributed by atoms with van der Waals surface area (Å²) < 4.78 is 6.96. The lowest BCUT2D eigenvalue weighted by Gasteiger charge is -2.22. The van der Waals surface area contributed by atoms with Gasteiger partial charge in [0.05, 0.1) is 6.61 Å². The van der Waals surface area contributed by atoms with E-state index in [0.29, 0.717) is 0 Å². The zero-order valence-electron chi connectivity index (χ0n) is 10.7. The molecule has 2 nitrogen and oxygen atoms in total. The summed E-state index contributed by atoms with van der Waals surface area (Å²) in [6, 6.07) is 6.17. The summed E-state index contributed by atoms with van der Waals surface area (Å²) in [5.41, 5.74) is 1.20. The van der Waals surface area contributed by atoms with Gasteiger partial charge in [0.15, 0.2) is 0 Å². The second kappa shape index (κ2) is 8.03. The maximum Gasteiger partial charge on any atom is 0.122 e. The first-order chi connectivity index (χ1) is 8.25. The van der Waals surface area contributed by atoms with Gasteiger partial charge in [-0.3, -0.25) is 0 Å². The Hall–Kier alpha value is -0.250. The Balaban J connectivity index is 0.00000162. The van der Waals surface area contributed by atoms with Crippen LogP contribution in [0.25, 0.3) is 0 Å². The molecule has 1 aliphatic heterocycles. The van der Waals surface area contributed by atoms with Gasteiger partial charge in [-0.15, -0.1) is 12.4 Å². The number of ether oxygens (including phenoxy) is 1. The van der Waals surface area contributed by atoms with Crippen LogP contribution in [0.4, 0.5) is 0 Å². The van der Waals surface area contributed by atoms with Gasteiger partial charge in [0.2, 0.25) is 0 Å². The highest BCUT2D eigenvalue weighted by molar-refractivity contribution is 9.10. The van der Waals surface area contributed by atoms with Crippen molar-refractivity contribution in [3.05, 3.63) is 28.2 Å². The van der Waals surface area contributed by atoms with Crippen molar-refractivity contribution in [3.63, 3.8) is 0 Å². The van der Waals surface area contributed by atoms with Gasteiger partial charge in [0, 0.05) is 4.47 Å². The first kappa shape index (κ1) is 15.8. The average Bonchev–Trinajstić information content (AvgIpc) is 2.33. The third-order valence-corrected chi connectivity index (χ3v) is 3.81. The zero-order valence-corrected chi connectivity index (χ0v) is 13.1. The fourth-order valence-corrected chi connectivity index (χ4v) is 2.76. The summed E-state index contributed by atoms with van der Waals surface area (Å²) in [7, 11) is 0. The van der Waals surface area contributed by atoms with E-state index in [1.807, 2.05) is 12.1 Å². The molecule has 0 amide bonds. The summed E-state index contributed by atoms with van der Waals surface area (Å²) in [6.07, 6.45) is 3.81. The molecule has 2 rings (SSSR count). The fourth-order valence-electron chi connectivity index (χ4n) is 2.28. The molecular formula is C14H21BrClNO. The lowest BCUT2D eigenvalue weighted by Crippen LogP contribution is -2.30. The minimum Gasteiger partial charge on any atom is -0.493 e. The zero-order chi connectivity index (χ0) is 12.1. The van der Waals surface area contributed by atoms with E-state index in [9.17, 15) is 0 Å². The van der Waals surface area contributed by atoms with Crippen molar-refractivity contribution in [1.82, 2.24) is 5.32 Å². The van der Waals surface area contributed by atoms with Crippen molar-refractivity contribution in [2.75, 3.05) is 19.7 Å². The van der Waals surface area contributed by atoms with Crippen molar-refractivity contribution in [3.8, 4) is 5.75 Å². The number of piperidine rings is 1. The predicted molar refractivity (Wildman–Crippen MR) is 81.8 cm³/mol. The van der Waals surface area contributed by atoms with E-state index in [0.717, 1.165) is 35.7 Å². The van der Waals surface area contributed by atoms with Gasteiger partial charge in [-0.05, 0) is 69.0 Å². The summed E-state index contributed by atoms with van der Waals surface area (Å²) >= 11 is 3.46. The molecule has 1 N–H and O–H groups in total. The first-order valence-electron chi connectivity index (χ1n) is 6.35. The maximum absolute atomic E-state index is 5.85. The molecule has 1 heterocycles. The molecular weight excluding hydrogens is 314 g/mol. The topological polar surface area (TPSA) is 21.3 Å². The van der Waals surface area contributed by atoms with E-state index in [4.69, 9.17) is 4.74 Å². The van der Waals surface area contributed by atoms with Crippen LogP contribution in [0.15, 0.2) is 22.7 Å². The van der Waals surface area contributed by atoms with Crippen LogP contribution in [-0.2, 0) is 0 Å². The number of halogens is 2. The maximum atomic E-state index is 5.85. The molecule has 1 aromatic carbocycles. The van der Waals surface area contributed by atoms with Gasteiger partial charge < -0.3 is 10.1 Å². The van der Waals surface area contributed by atoms with E-state index in [1.165, 1.54) is 24.9 Å². The van der Waals surface area contributed by atoms with E-state index >= 15 is 0 Å². The summed E-state index contributed by atoms with van der Waals surface area (Å²) in [5, 5.41) is 3.44. The van der Waals surface area contributed by atoms with Gasteiger partial charge in [0.25, 0.3) is 0 Å².